The highest BCUT2D eigenvalue weighted by atomic mass is 32.3. The predicted molar refractivity (Wildman–Crippen MR) is 50.1 cm³/mol. The molecule has 23 heavy (non-hydrogen) atoms. The van der Waals surface area contributed by atoms with Gasteiger partial charge in [-0.15, -0.1) is 0 Å². The van der Waals surface area contributed by atoms with Crippen LogP contribution >= 0.6 is 0 Å². The van der Waals surface area contributed by atoms with Crippen molar-refractivity contribution in [3.05, 3.63) is 12.4 Å². The van der Waals surface area contributed by atoms with E-state index in [0.29, 0.717) is 0 Å². The lowest BCUT2D eigenvalue weighted by molar-refractivity contribution is -0.395. The van der Waals surface area contributed by atoms with Crippen LogP contribution in [0.5, 0.6) is 0 Å². The second-order valence-electron chi connectivity index (χ2n) is 3.53. The molecule has 0 aliphatic heterocycles. The Labute approximate surface area is 120 Å². The smallest absolute Gasteiger partial charge is 0.264 e. The SMILES string of the molecule is C=C(F)C(F)(F)OC(F)(C(F)(F)S(=O)(=O)F)C(F)(F)S(=O)(=O)F. The Kier molecular flexibility index (Phi) is 5.21. The van der Waals surface area contributed by atoms with Crippen LogP contribution in [0.25, 0.3) is 0 Å². The molecule has 0 atom stereocenters. The van der Waals surface area contributed by atoms with E-state index in [9.17, 15) is 59.7 Å². The van der Waals surface area contributed by atoms with E-state index in [1.165, 1.54) is 0 Å². The molecule has 0 radical (unpaired) electrons. The van der Waals surface area contributed by atoms with Crippen LogP contribution in [-0.2, 0) is 25.2 Å². The van der Waals surface area contributed by atoms with Gasteiger partial charge in [0.15, 0.2) is 5.83 Å². The first-order chi connectivity index (χ1) is 9.65. The molecule has 0 heterocycles. The quantitative estimate of drug-likeness (QED) is 0.478. The first kappa shape index (κ1) is 21.9. The molecule has 0 aromatic rings. The van der Waals surface area contributed by atoms with Crippen molar-refractivity contribution in [1.29, 1.82) is 0 Å². The molecule has 0 rings (SSSR count). The first-order valence-corrected chi connectivity index (χ1v) is 7.17. The van der Waals surface area contributed by atoms with Crippen LogP contribution in [0.4, 0.5) is 42.9 Å². The fraction of sp³-hybridized carbons (Fsp3) is 0.667. The summed E-state index contributed by atoms with van der Waals surface area (Å²) in [5, 5.41) is -14.8. The summed E-state index contributed by atoms with van der Waals surface area (Å²) in [6, 6.07) is 0. The summed E-state index contributed by atoms with van der Waals surface area (Å²) in [7, 11) is -15.9. The number of rotatable bonds is 7. The monoisotopic (exact) mass is 408 g/mol. The van der Waals surface area contributed by atoms with E-state index < -0.39 is 48.7 Å². The van der Waals surface area contributed by atoms with Crippen molar-refractivity contribution in [1.82, 2.24) is 0 Å². The van der Waals surface area contributed by atoms with Crippen LogP contribution in [0.1, 0.15) is 0 Å². The van der Waals surface area contributed by atoms with E-state index >= 15 is 0 Å². The summed E-state index contributed by atoms with van der Waals surface area (Å²) in [6.45, 7) is 1.61. The van der Waals surface area contributed by atoms with Gasteiger partial charge in [0.1, 0.15) is 0 Å². The van der Waals surface area contributed by atoms with Crippen LogP contribution in [0.2, 0.25) is 0 Å². The molecule has 0 aliphatic rings. The molecule has 0 aromatic carbocycles. The van der Waals surface area contributed by atoms with Crippen LogP contribution in [-0.4, -0.2) is 39.3 Å². The van der Waals surface area contributed by atoms with E-state index in [4.69, 9.17) is 0 Å². The summed E-state index contributed by atoms with van der Waals surface area (Å²) >= 11 is 0. The normalized spacial score (nSPS) is 15.6. The average Bonchev–Trinajstić information content (AvgIpc) is 2.24. The fourth-order valence-corrected chi connectivity index (χ4v) is 1.87. The van der Waals surface area contributed by atoms with Crippen LogP contribution in [0.3, 0.4) is 0 Å². The second-order valence-corrected chi connectivity index (χ2v) is 6.31. The van der Waals surface area contributed by atoms with Gasteiger partial charge in [0, 0.05) is 0 Å². The minimum Gasteiger partial charge on any atom is -0.264 e. The molecular weight excluding hydrogens is 406 g/mol. The topological polar surface area (TPSA) is 77.5 Å². The minimum absolute atomic E-state index is 1.61. The Morgan fingerprint density at radius 3 is 1.22 bits per heavy atom. The van der Waals surface area contributed by atoms with E-state index in [1.807, 2.05) is 4.74 Å². The van der Waals surface area contributed by atoms with Crippen molar-refractivity contribution < 1.29 is 64.5 Å². The van der Waals surface area contributed by atoms with Gasteiger partial charge in [-0.05, 0) is 0 Å². The maximum Gasteiger partial charge on any atom is 0.439 e. The fourth-order valence-electron chi connectivity index (χ4n) is 0.834. The van der Waals surface area contributed by atoms with Gasteiger partial charge in [-0.2, -0.15) is 47.6 Å². The Morgan fingerprint density at radius 1 is 0.783 bits per heavy atom. The number of ether oxygens (including phenoxy) is 1. The molecule has 0 bridgehead atoms. The molecular formula is C6H2F10O5S2. The Balaban J connectivity index is 6.76. The third-order valence-corrected chi connectivity index (χ3v) is 3.70. The van der Waals surface area contributed by atoms with Crippen molar-refractivity contribution in [3.63, 3.8) is 0 Å². The summed E-state index contributed by atoms with van der Waals surface area (Å²) < 4.78 is 169. The number of halogens is 10. The molecule has 138 valence electrons. The van der Waals surface area contributed by atoms with Gasteiger partial charge in [0.25, 0.3) is 0 Å². The first-order valence-electron chi connectivity index (χ1n) is 4.41. The standard InChI is InChI=1S/C6H2F10O5S2/c1-2(7)3(8,9)21-4(10,5(11,12)22(15,17)18)6(13,14)23(16,19)20/h1H2. The Bertz CT molecular complexity index is 651. The number of alkyl halides is 7. The maximum absolute atomic E-state index is 13.5. The zero-order valence-corrected chi connectivity index (χ0v) is 11.5. The third kappa shape index (κ3) is 3.39. The molecule has 5 nitrogen and oxygen atoms in total. The lowest BCUT2D eigenvalue weighted by Gasteiger charge is -2.35. The third-order valence-electron chi connectivity index (χ3n) is 1.95. The van der Waals surface area contributed by atoms with Crippen LogP contribution < -0.4 is 0 Å². The highest BCUT2D eigenvalue weighted by Crippen LogP contribution is 2.54. The molecule has 17 heteroatoms. The molecule has 0 spiro atoms. The summed E-state index contributed by atoms with van der Waals surface area (Å²) in [5.74, 6) is -10.7. The van der Waals surface area contributed by atoms with Gasteiger partial charge < -0.3 is 0 Å². The molecule has 0 saturated carbocycles. The van der Waals surface area contributed by atoms with Gasteiger partial charge >= 0.3 is 42.9 Å². The molecule has 0 amide bonds. The maximum atomic E-state index is 13.5. The van der Waals surface area contributed by atoms with Gasteiger partial charge in [0.2, 0.25) is 0 Å². The highest BCUT2D eigenvalue weighted by molar-refractivity contribution is 7.88. The van der Waals surface area contributed by atoms with Crippen molar-refractivity contribution in [2.24, 2.45) is 0 Å². The average molecular weight is 408 g/mol. The number of hydrogen-bond donors (Lipinski definition) is 0. The van der Waals surface area contributed by atoms with E-state index in [1.54, 1.807) is 6.58 Å². The zero-order chi connectivity index (χ0) is 19.3. The van der Waals surface area contributed by atoms with Crippen LogP contribution in [0.15, 0.2) is 12.4 Å². The lowest BCUT2D eigenvalue weighted by atomic mass is 10.3. The van der Waals surface area contributed by atoms with Gasteiger partial charge in [0.05, 0.1) is 0 Å². The van der Waals surface area contributed by atoms with E-state index in [2.05, 4.69) is 0 Å². The molecule has 0 N–H and O–H groups in total. The summed E-state index contributed by atoms with van der Waals surface area (Å²) in [4.78, 5) is 0. The van der Waals surface area contributed by atoms with Crippen molar-refractivity contribution in [2.45, 2.75) is 22.5 Å². The molecule has 0 fully saturated rings. The van der Waals surface area contributed by atoms with Crippen molar-refractivity contribution >= 4 is 20.4 Å². The Hall–Kier alpha value is -1.10. The van der Waals surface area contributed by atoms with Gasteiger partial charge in [-0.3, -0.25) is 4.74 Å². The van der Waals surface area contributed by atoms with E-state index in [0.717, 1.165) is 0 Å². The Morgan fingerprint density at radius 2 is 1.04 bits per heavy atom. The van der Waals surface area contributed by atoms with Crippen LogP contribution in [0, 0.1) is 0 Å². The predicted octanol–water partition coefficient (Wildman–Crippen LogP) is 2.53. The largest absolute Gasteiger partial charge is 0.439 e. The zero-order valence-electron chi connectivity index (χ0n) is 9.84. The van der Waals surface area contributed by atoms with Crippen molar-refractivity contribution in [2.75, 3.05) is 0 Å². The number of hydrogen-bond acceptors (Lipinski definition) is 5. The molecule has 0 aliphatic carbocycles. The summed E-state index contributed by atoms with van der Waals surface area (Å²) in [5.41, 5.74) is 0. The summed E-state index contributed by atoms with van der Waals surface area (Å²) in [6.07, 6.45) is -6.23. The van der Waals surface area contributed by atoms with Gasteiger partial charge in [-0.1, -0.05) is 14.4 Å². The lowest BCUT2D eigenvalue weighted by Crippen LogP contribution is -2.65. The molecule has 0 unspecified atom stereocenters. The van der Waals surface area contributed by atoms with Gasteiger partial charge in [-0.25, -0.2) is 4.39 Å². The van der Waals surface area contributed by atoms with Crippen molar-refractivity contribution in [3.8, 4) is 0 Å². The highest BCUT2D eigenvalue weighted by Gasteiger charge is 2.85. The second kappa shape index (κ2) is 5.47. The molecule has 0 saturated heterocycles. The molecule has 0 aromatic heterocycles. The minimum atomic E-state index is -7.93. The van der Waals surface area contributed by atoms with E-state index in [-0.39, 0.29) is 0 Å².